The summed E-state index contributed by atoms with van der Waals surface area (Å²) in [4.78, 5) is 50.2. The molecule has 2 amide bonds. The number of ether oxygens (including phenoxy) is 2. The van der Waals surface area contributed by atoms with Gasteiger partial charge in [0.05, 0.1) is 5.69 Å². The molecule has 1 N–H and O–H groups in total. The number of rotatable bonds is 7. The Balaban J connectivity index is 1.60. The van der Waals surface area contributed by atoms with Gasteiger partial charge in [-0.2, -0.15) is 0 Å². The van der Waals surface area contributed by atoms with Gasteiger partial charge in [-0.15, -0.1) is 0 Å². The minimum atomic E-state index is -1.03. The second-order valence-electron chi connectivity index (χ2n) is 7.45. The van der Waals surface area contributed by atoms with Gasteiger partial charge in [-0.05, 0) is 43.3 Å². The number of nitrogens with one attached hydrogen (secondary N) is 1. The van der Waals surface area contributed by atoms with Crippen LogP contribution >= 0.6 is 0 Å². The lowest BCUT2D eigenvalue weighted by molar-refractivity contribution is -0.145. The molecule has 0 fully saturated rings. The molecule has 2 aromatic rings. The van der Waals surface area contributed by atoms with Gasteiger partial charge in [0.25, 0.3) is 5.91 Å². The van der Waals surface area contributed by atoms with Gasteiger partial charge < -0.3 is 14.8 Å². The predicted molar refractivity (Wildman–Crippen MR) is 114 cm³/mol. The minimum Gasteiger partial charge on any atom is -0.482 e. The first-order valence-corrected chi connectivity index (χ1v) is 9.93. The van der Waals surface area contributed by atoms with E-state index in [2.05, 4.69) is 5.32 Å². The van der Waals surface area contributed by atoms with Gasteiger partial charge in [0.15, 0.2) is 12.7 Å². The molecule has 8 nitrogen and oxygen atoms in total. The highest BCUT2D eigenvalue weighted by atomic mass is 16.5. The summed E-state index contributed by atoms with van der Waals surface area (Å²) in [6.07, 6.45) is -1.03. The van der Waals surface area contributed by atoms with Crippen LogP contribution in [0.2, 0.25) is 0 Å². The summed E-state index contributed by atoms with van der Waals surface area (Å²) in [5.74, 6) is -1.24. The molecule has 1 unspecified atom stereocenters. The van der Waals surface area contributed by atoms with Crippen molar-refractivity contribution in [3.8, 4) is 5.75 Å². The van der Waals surface area contributed by atoms with Crippen molar-refractivity contribution >= 4 is 34.9 Å². The van der Waals surface area contributed by atoms with E-state index >= 15 is 0 Å². The zero-order valence-corrected chi connectivity index (χ0v) is 17.6. The van der Waals surface area contributed by atoms with Gasteiger partial charge >= 0.3 is 5.97 Å². The third-order valence-corrected chi connectivity index (χ3v) is 4.73. The lowest BCUT2D eigenvalue weighted by Crippen LogP contribution is -2.43. The number of benzene rings is 2. The van der Waals surface area contributed by atoms with Crippen LogP contribution in [0, 0.1) is 5.92 Å². The lowest BCUT2D eigenvalue weighted by Gasteiger charge is -2.28. The summed E-state index contributed by atoms with van der Waals surface area (Å²) in [7, 11) is 0. The smallest absolute Gasteiger partial charge is 0.326 e. The Morgan fingerprint density at radius 2 is 1.74 bits per heavy atom. The Morgan fingerprint density at radius 3 is 2.42 bits per heavy atom. The van der Waals surface area contributed by atoms with E-state index < -0.39 is 12.1 Å². The van der Waals surface area contributed by atoms with Gasteiger partial charge in [-0.1, -0.05) is 26.0 Å². The number of Topliss-reactive ketones (excluding diaryl/α,β-unsaturated/α-hetero) is 1. The van der Waals surface area contributed by atoms with E-state index in [4.69, 9.17) is 9.47 Å². The fourth-order valence-corrected chi connectivity index (χ4v) is 2.98. The number of esters is 1. The molecule has 0 saturated carbocycles. The van der Waals surface area contributed by atoms with Crippen molar-refractivity contribution < 1.29 is 28.7 Å². The second-order valence-corrected chi connectivity index (χ2v) is 7.45. The minimum absolute atomic E-state index is 0.124. The van der Waals surface area contributed by atoms with Crippen molar-refractivity contribution in [1.29, 1.82) is 0 Å². The molecule has 1 aliphatic heterocycles. The molecular formula is C23H24N2O6. The molecular weight excluding hydrogens is 400 g/mol. The zero-order valence-electron chi connectivity index (χ0n) is 17.6. The molecule has 0 radical (unpaired) electrons. The molecule has 162 valence electrons. The average molecular weight is 424 g/mol. The number of carbonyl (C=O) groups is 4. The Hall–Kier alpha value is -3.68. The van der Waals surface area contributed by atoms with Crippen molar-refractivity contribution in [2.75, 3.05) is 23.4 Å². The summed E-state index contributed by atoms with van der Waals surface area (Å²) in [6.45, 7) is 4.55. The number of ketones is 1. The van der Waals surface area contributed by atoms with Crippen LogP contribution in [0.25, 0.3) is 0 Å². The number of para-hydroxylation sites is 2. The maximum Gasteiger partial charge on any atom is 0.326 e. The topological polar surface area (TPSA) is 102 Å². The number of hydrogen-bond acceptors (Lipinski definition) is 6. The van der Waals surface area contributed by atoms with E-state index in [1.807, 2.05) is 0 Å². The highest BCUT2D eigenvalue weighted by molar-refractivity contribution is 6.03. The highest BCUT2D eigenvalue weighted by Crippen LogP contribution is 2.31. The number of amides is 2. The van der Waals surface area contributed by atoms with E-state index in [1.165, 1.54) is 11.8 Å². The van der Waals surface area contributed by atoms with Crippen molar-refractivity contribution in [1.82, 2.24) is 0 Å². The maximum absolute atomic E-state index is 12.6. The first kappa shape index (κ1) is 22.0. The van der Waals surface area contributed by atoms with Crippen LogP contribution in [0.4, 0.5) is 11.4 Å². The molecule has 0 saturated heterocycles. The average Bonchev–Trinajstić information content (AvgIpc) is 2.75. The van der Waals surface area contributed by atoms with Gasteiger partial charge in [0, 0.05) is 17.2 Å². The molecule has 0 spiro atoms. The van der Waals surface area contributed by atoms with Crippen molar-refractivity contribution in [3.05, 3.63) is 54.1 Å². The van der Waals surface area contributed by atoms with Crippen molar-refractivity contribution in [3.63, 3.8) is 0 Å². The van der Waals surface area contributed by atoms with Gasteiger partial charge in [-0.3, -0.25) is 24.1 Å². The number of anilines is 2. The molecule has 1 atom stereocenters. The lowest BCUT2D eigenvalue weighted by atomic mass is 10.1. The maximum atomic E-state index is 12.6. The fraction of sp³-hybridized carbons (Fsp3) is 0.304. The largest absolute Gasteiger partial charge is 0.482 e. The quantitative estimate of drug-likeness (QED) is 0.542. The van der Waals surface area contributed by atoms with E-state index in [0.717, 1.165) is 0 Å². The molecule has 31 heavy (non-hydrogen) atoms. The van der Waals surface area contributed by atoms with Crippen LogP contribution in [0.15, 0.2) is 48.5 Å². The highest BCUT2D eigenvalue weighted by Gasteiger charge is 2.29. The Morgan fingerprint density at radius 1 is 1.06 bits per heavy atom. The molecule has 3 rings (SSSR count). The molecule has 8 heteroatoms. The number of nitrogens with zero attached hydrogens (tertiary/aromatic N) is 1. The van der Waals surface area contributed by atoms with Gasteiger partial charge in [-0.25, -0.2) is 0 Å². The Kier molecular flexibility index (Phi) is 6.69. The van der Waals surface area contributed by atoms with Gasteiger partial charge in [0.2, 0.25) is 11.7 Å². The third-order valence-electron chi connectivity index (χ3n) is 4.73. The molecule has 1 heterocycles. The Bertz CT molecular complexity index is 999. The Labute approximate surface area is 180 Å². The van der Waals surface area contributed by atoms with E-state index in [0.29, 0.717) is 22.7 Å². The standard InChI is InChI=1S/C23H24N2O6/c1-14(2)23(29)24-17-10-8-16(9-11-17)22(28)15(3)31-21(27)12-25-18-6-4-5-7-19(18)30-13-20(25)26/h4-11,14-15H,12-13H2,1-3H3,(H,24,29). The summed E-state index contributed by atoms with van der Waals surface area (Å²) in [5, 5.41) is 2.74. The monoisotopic (exact) mass is 424 g/mol. The molecule has 1 aliphatic rings. The fourth-order valence-electron chi connectivity index (χ4n) is 2.98. The molecule has 0 bridgehead atoms. The van der Waals surface area contributed by atoms with E-state index in [9.17, 15) is 19.2 Å². The van der Waals surface area contributed by atoms with Crippen molar-refractivity contribution in [2.24, 2.45) is 5.92 Å². The van der Waals surface area contributed by atoms with Crippen LogP contribution in [-0.2, 0) is 19.1 Å². The normalized spacial score (nSPS) is 13.8. The number of hydrogen-bond donors (Lipinski definition) is 1. The van der Waals surface area contributed by atoms with Crippen LogP contribution < -0.4 is 15.0 Å². The first-order valence-electron chi connectivity index (χ1n) is 9.93. The van der Waals surface area contributed by atoms with Crippen molar-refractivity contribution in [2.45, 2.75) is 26.9 Å². The summed E-state index contributed by atoms with van der Waals surface area (Å²) < 4.78 is 10.6. The van der Waals surface area contributed by atoms with E-state index in [1.54, 1.807) is 62.4 Å². The zero-order chi connectivity index (χ0) is 22.5. The molecule has 2 aromatic carbocycles. The molecule has 0 aliphatic carbocycles. The predicted octanol–water partition coefficient (Wildman–Crippen LogP) is 2.82. The number of fused-ring (bicyclic) bond motifs is 1. The second kappa shape index (κ2) is 9.42. The summed E-state index contributed by atoms with van der Waals surface area (Å²) in [5.41, 5.74) is 1.40. The third kappa shape index (κ3) is 5.28. The van der Waals surface area contributed by atoms with Crippen LogP contribution in [0.3, 0.4) is 0 Å². The van der Waals surface area contributed by atoms with Crippen LogP contribution in [0.1, 0.15) is 31.1 Å². The van der Waals surface area contributed by atoms with Crippen LogP contribution in [0.5, 0.6) is 5.75 Å². The van der Waals surface area contributed by atoms with Gasteiger partial charge in [0.1, 0.15) is 12.3 Å². The first-order chi connectivity index (χ1) is 14.8. The summed E-state index contributed by atoms with van der Waals surface area (Å²) >= 11 is 0. The SMILES string of the molecule is CC(C)C(=O)Nc1ccc(C(=O)C(C)OC(=O)CN2C(=O)COc3ccccc32)cc1. The summed E-state index contributed by atoms with van der Waals surface area (Å²) in [6, 6.07) is 13.2. The van der Waals surface area contributed by atoms with E-state index in [-0.39, 0.29) is 36.7 Å². The van der Waals surface area contributed by atoms with Crippen LogP contribution in [-0.4, -0.2) is 42.8 Å². The number of carbonyl (C=O) groups excluding carboxylic acids is 4. The molecule has 0 aromatic heterocycles.